The van der Waals surface area contributed by atoms with Gasteiger partial charge in [-0.05, 0) is 66.5 Å². The van der Waals surface area contributed by atoms with Crippen LogP contribution in [0.15, 0.2) is 23.2 Å². The summed E-state index contributed by atoms with van der Waals surface area (Å²) in [6.07, 6.45) is 16.8. The minimum atomic E-state index is -3.80. The first-order valence-electron chi connectivity index (χ1n) is 16.6. The van der Waals surface area contributed by atoms with Crippen LogP contribution in [0, 0.1) is 0 Å². The van der Waals surface area contributed by atoms with Crippen LogP contribution in [0.4, 0.5) is 0 Å². The fraction of sp³-hybridized carbons (Fsp3) is 0.875. The van der Waals surface area contributed by atoms with Gasteiger partial charge in [-0.1, -0.05) is 78.1 Å². The van der Waals surface area contributed by atoms with Crippen LogP contribution in [0.2, 0.25) is 0 Å². The first-order chi connectivity index (χ1) is 20.1. The molecule has 0 bridgehead atoms. The molecule has 0 heterocycles. The monoisotopic (exact) mass is 636 g/mol. The third-order valence-corrected chi connectivity index (χ3v) is 12.8. The second-order valence-corrected chi connectivity index (χ2v) is 15.6. The molecule has 0 amide bonds. The van der Waals surface area contributed by atoms with Crippen molar-refractivity contribution in [2.45, 2.75) is 143 Å². The molecule has 0 fully saturated rings. The zero-order valence-corrected chi connectivity index (χ0v) is 29.8. The van der Waals surface area contributed by atoms with Crippen molar-refractivity contribution in [2.24, 2.45) is 0 Å². The van der Waals surface area contributed by atoms with Crippen molar-refractivity contribution in [3.63, 3.8) is 0 Å². The summed E-state index contributed by atoms with van der Waals surface area (Å²) in [5, 5.41) is -0.961. The zero-order valence-electron chi connectivity index (χ0n) is 28.0. The van der Waals surface area contributed by atoms with Crippen LogP contribution >= 0.6 is 15.2 Å². The van der Waals surface area contributed by atoms with Gasteiger partial charge in [-0.25, -0.2) is 0 Å². The van der Waals surface area contributed by atoms with E-state index in [4.69, 9.17) is 27.6 Å². The molecule has 0 aromatic carbocycles. The fourth-order valence-corrected chi connectivity index (χ4v) is 9.29. The Morgan fingerprint density at radius 1 is 0.595 bits per heavy atom. The second-order valence-electron chi connectivity index (χ2n) is 11.2. The quantitative estimate of drug-likeness (QED) is 0.0684. The Balaban J connectivity index is 3.53. The Bertz CT molecular complexity index is 885. The van der Waals surface area contributed by atoms with Gasteiger partial charge in [0.1, 0.15) is 21.8 Å². The minimum absolute atomic E-state index is 0.197. The molecule has 1 rings (SSSR count). The smallest absolute Gasteiger partial charge is 0.364 e. The van der Waals surface area contributed by atoms with E-state index in [-0.39, 0.29) is 26.4 Å². The van der Waals surface area contributed by atoms with Crippen molar-refractivity contribution in [3.05, 3.63) is 23.2 Å². The highest BCUT2D eigenvalue weighted by Crippen LogP contribution is 2.70. The van der Waals surface area contributed by atoms with Crippen molar-refractivity contribution in [1.82, 2.24) is 0 Å². The molecule has 0 spiro atoms. The summed E-state index contributed by atoms with van der Waals surface area (Å²) in [6, 6.07) is 0. The maximum Gasteiger partial charge on any atom is 0.364 e. The highest BCUT2D eigenvalue weighted by molar-refractivity contribution is 7.59. The van der Waals surface area contributed by atoms with Gasteiger partial charge in [0.25, 0.3) is 0 Å². The highest BCUT2D eigenvalue weighted by atomic mass is 31.2. The summed E-state index contributed by atoms with van der Waals surface area (Å²) in [4.78, 5) is 0. The average molecular weight is 637 g/mol. The maximum atomic E-state index is 14.6. The number of rotatable bonds is 26. The Hall–Kier alpha value is -0.460. The molecule has 0 saturated carbocycles. The molecule has 0 radical (unpaired) electrons. The largest absolute Gasteiger partial charge is 0.493 e. The number of hydrogen-bond donors (Lipinski definition) is 0. The number of hydrogen-bond acceptors (Lipinski definition) is 8. The number of allylic oxidation sites excluding steroid dienone is 1. The molecular formula is C32H62O8P2. The van der Waals surface area contributed by atoms with Gasteiger partial charge in [0, 0.05) is 6.61 Å². The molecule has 0 aromatic rings. The average Bonchev–Trinajstić information content (AvgIpc) is 2.94. The lowest BCUT2D eigenvalue weighted by atomic mass is 9.84. The van der Waals surface area contributed by atoms with Gasteiger partial charge in [0.05, 0.1) is 33.0 Å². The number of ether oxygens (including phenoxy) is 2. The van der Waals surface area contributed by atoms with Crippen LogP contribution in [-0.2, 0) is 36.7 Å². The van der Waals surface area contributed by atoms with E-state index in [0.717, 1.165) is 38.5 Å². The van der Waals surface area contributed by atoms with Crippen LogP contribution in [0.1, 0.15) is 132 Å². The lowest BCUT2D eigenvalue weighted by molar-refractivity contribution is -0.0246. The Morgan fingerprint density at radius 2 is 1.05 bits per heavy atom. The molecule has 1 aliphatic carbocycles. The van der Waals surface area contributed by atoms with Gasteiger partial charge in [0.2, 0.25) is 0 Å². The maximum absolute atomic E-state index is 14.6. The van der Waals surface area contributed by atoms with Gasteiger partial charge >= 0.3 is 15.2 Å². The predicted octanol–water partition coefficient (Wildman–Crippen LogP) is 10.6. The van der Waals surface area contributed by atoms with Crippen LogP contribution in [0.5, 0.6) is 0 Å². The van der Waals surface area contributed by atoms with Crippen molar-refractivity contribution in [1.29, 1.82) is 0 Å². The van der Waals surface area contributed by atoms with E-state index < -0.39 is 25.9 Å². The van der Waals surface area contributed by atoms with E-state index in [2.05, 4.69) is 13.8 Å². The summed E-state index contributed by atoms with van der Waals surface area (Å²) < 4.78 is 65.2. The molecule has 0 aliphatic heterocycles. The molecule has 42 heavy (non-hydrogen) atoms. The summed E-state index contributed by atoms with van der Waals surface area (Å²) >= 11 is 0. The van der Waals surface area contributed by atoms with E-state index in [1.165, 1.54) is 38.5 Å². The topological polar surface area (TPSA) is 89.5 Å². The molecule has 8 nitrogen and oxygen atoms in total. The SMILES string of the molecule is CCCCCCCCOC1=CC(C)(P(=O)(OCC)OCC)C(C)(OCCCCCCCC)C=C1P(=O)(OCC)OCC. The van der Waals surface area contributed by atoms with Crippen molar-refractivity contribution < 1.29 is 36.7 Å². The first-order valence-corrected chi connectivity index (χ1v) is 19.7. The molecule has 0 N–H and O–H groups in total. The van der Waals surface area contributed by atoms with Crippen molar-refractivity contribution in [2.75, 3.05) is 39.6 Å². The van der Waals surface area contributed by atoms with Gasteiger partial charge in [-0.3, -0.25) is 9.13 Å². The molecule has 0 saturated heterocycles. The van der Waals surface area contributed by atoms with E-state index >= 15 is 0 Å². The minimum Gasteiger partial charge on any atom is -0.493 e. The van der Waals surface area contributed by atoms with Gasteiger partial charge in [0.15, 0.2) is 0 Å². The molecule has 1 aliphatic rings. The van der Waals surface area contributed by atoms with E-state index in [1.807, 2.05) is 13.8 Å². The predicted molar refractivity (Wildman–Crippen MR) is 173 cm³/mol. The molecule has 2 unspecified atom stereocenters. The molecular weight excluding hydrogens is 574 g/mol. The lowest BCUT2D eigenvalue weighted by Gasteiger charge is -2.48. The fourth-order valence-electron chi connectivity index (χ4n) is 5.21. The molecule has 0 aromatic heterocycles. The van der Waals surface area contributed by atoms with Crippen LogP contribution < -0.4 is 0 Å². The van der Waals surface area contributed by atoms with E-state index in [0.29, 0.717) is 24.3 Å². The van der Waals surface area contributed by atoms with Gasteiger partial charge in [-0.15, -0.1) is 0 Å². The molecule has 248 valence electrons. The van der Waals surface area contributed by atoms with Crippen LogP contribution in [0.25, 0.3) is 0 Å². The molecule has 2 atom stereocenters. The molecule has 10 heteroatoms. The Morgan fingerprint density at radius 3 is 1.52 bits per heavy atom. The van der Waals surface area contributed by atoms with Crippen LogP contribution in [-0.4, -0.2) is 50.4 Å². The second kappa shape index (κ2) is 20.5. The normalized spacial score (nSPS) is 21.3. The highest BCUT2D eigenvalue weighted by Gasteiger charge is 2.61. The van der Waals surface area contributed by atoms with Crippen molar-refractivity contribution >= 4 is 15.2 Å². The Labute approximate surface area is 257 Å². The third-order valence-electron chi connectivity index (χ3n) is 7.80. The van der Waals surface area contributed by atoms with Crippen LogP contribution in [0.3, 0.4) is 0 Å². The lowest BCUT2D eigenvalue weighted by Crippen LogP contribution is -2.52. The number of unbranched alkanes of at least 4 members (excludes halogenated alkanes) is 10. The van der Waals surface area contributed by atoms with Crippen molar-refractivity contribution in [3.8, 4) is 0 Å². The van der Waals surface area contributed by atoms with E-state index in [1.54, 1.807) is 39.8 Å². The Kier molecular flexibility index (Phi) is 19.4. The van der Waals surface area contributed by atoms with Gasteiger partial charge in [-0.2, -0.15) is 0 Å². The summed E-state index contributed by atoms with van der Waals surface area (Å²) in [5.41, 5.74) is -1.21. The summed E-state index contributed by atoms with van der Waals surface area (Å²) in [6.45, 7) is 16.9. The summed E-state index contributed by atoms with van der Waals surface area (Å²) in [5.74, 6) is 0.330. The van der Waals surface area contributed by atoms with E-state index in [9.17, 15) is 9.13 Å². The zero-order chi connectivity index (χ0) is 31.5. The standard InChI is InChI=1S/C32H62O8P2/c1-9-15-17-19-21-23-25-35-29-27-32(8,42(34,39-13-5)40-14-6)31(7,36-26-24-22-20-18-16-10-2)28-30(29)41(33,37-11-3)38-12-4/h27-28H,9-26H2,1-8H3. The summed E-state index contributed by atoms with van der Waals surface area (Å²) in [7, 11) is -7.58. The first kappa shape index (κ1) is 39.6. The van der Waals surface area contributed by atoms with Gasteiger partial charge < -0.3 is 27.6 Å². The third kappa shape index (κ3) is 11.2.